The second-order valence-electron chi connectivity index (χ2n) is 14.7. The number of carboxylic acid groups (broad SMARTS) is 1. The van der Waals surface area contributed by atoms with Crippen molar-refractivity contribution in [2.24, 2.45) is 50.2 Å². The molecule has 0 aliphatic heterocycles. The summed E-state index contributed by atoms with van der Waals surface area (Å²) in [6.07, 6.45) is 12.4. The molecule has 7 atom stereocenters. The third kappa shape index (κ3) is 2.80. The van der Waals surface area contributed by atoms with E-state index in [1.165, 1.54) is 18.4 Å². The summed E-state index contributed by atoms with van der Waals surface area (Å²) in [6.45, 7) is 16.6. The Bertz CT molecular complexity index is 927. The Hall–Kier alpha value is -1.12. The highest BCUT2D eigenvalue weighted by Crippen LogP contribution is 2.76. The summed E-state index contributed by atoms with van der Waals surface area (Å²) >= 11 is 0. The van der Waals surface area contributed by atoms with Crippen molar-refractivity contribution in [2.45, 2.75) is 113 Å². The van der Waals surface area contributed by atoms with Crippen LogP contribution >= 0.6 is 0 Å². The molecule has 0 heterocycles. The van der Waals surface area contributed by atoms with Gasteiger partial charge in [-0.1, -0.05) is 60.1 Å². The fourth-order valence-corrected chi connectivity index (χ4v) is 10.5. The monoisotopic (exact) mass is 454 g/mol. The largest absolute Gasteiger partial charge is 0.481 e. The van der Waals surface area contributed by atoms with E-state index in [2.05, 4.69) is 54.5 Å². The summed E-state index contributed by atoms with van der Waals surface area (Å²) < 4.78 is 0. The first kappa shape index (κ1) is 23.6. The van der Waals surface area contributed by atoms with Gasteiger partial charge in [0.25, 0.3) is 0 Å². The molecule has 1 N–H and O–H groups in total. The van der Waals surface area contributed by atoms with E-state index >= 15 is 0 Å². The molecule has 4 fully saturated rings. The molecule has 5 aliphatic rings. The second kappa shape index (κ2) is 6.76. The maximum Gasteiger partial charge on any atom is 0.313 e. The standard InChI is InChI=1S/C30H46O3/c1-25(2)14-16-30(24(32)33)17-15-28(6)19(20(30)18-25)8-9-22-27(5)12-11-23(31)26(3,4)21(27)10-13-29(22,28)7/h18-19,21-22H,8-17H2,1-7H3,(H,32,33)/t19?,21?,22?,27-,28+,29+,30-/m0/s1. The molecule has 184 valence electrons. The normalized spacial score (nSPS) is 50.2. The molecule has 0 aromatic carbocycles. The molecule has 4 saturated carbocycles. The third-order valence-corrected chi connectivity index (χ3v) is 12.8. The number of rotatable bonds is 1. The van der Waals surface area contributed by atoms with Crippen LogP contribution in [0.1, 0.15) is 113 Å². The summed E-state index contributed by atoms with van der Waals surface area (Å²) in [5.74, 6) is 1.35. The van der Waals surface area contributed by atoms with Crippen molar-refractivity contribution in [3.63, 3.8) is 0 Å². The molecule has 0 aromatic heterocycles. The summed E-state index contributed by atoms with van der Waals surface area (Å²) in [7, 11) is 0. The van der Waals surface area contributed by atoms with Crippen molar-refractivity contribution in [3.8, 4) is 0 Å². The number of allylic oxidation sites excluding steroid dienone is 1. The zero-order valence-corrected chi connectivity index (χ0v) is 22.1. The van der Waals surface area contributed by atoms with E-state index < -0.39 is 11.4 Å². The number of ketones is 1. The number of carbonyl (C=O) groups is 2. The van der Waals surface area contributed by atoms with Crippen LogP contribution in [-0.4, -0.2) is 16.9 Å². The molecular formula is C30H46O3. The number of carbonyl (C=O) groups excluding carboxylic acids is 1. The summed E-state index contributed by atoms with van der Waals surface area (Å²) in [5, 5.41) is 10.5. The molecule has 0 radical (unpaired) electrons. The molecule has 0 amide bonds. The van der Waals surface area contributed by atoms with E-state index in [1.54, 1.807) is 0 Å². The topological polar surface area (TPSA) is 54.4 Å². The molecule has 3 nitrogen and oxygen atoms in total. The average Bonchev–Trinajstić information content (AvgIpc) is 2.71. The molecule has 33 heavy (non-hydrogen) atoms. The van der Waals surface area contributed by atoms with Crippen molar-refractivity contribution in [1.29, 1.82) is 0 Å². The lowest BCUT2D eigenvalue weighted by Gasteiger charge is -2.71. The van der Waals surface area contributed by atoms with Crippen LogP contribution in [-0.2, 0) is 9.59 Å². The maximum absolute atomic E-state index is 12.9. The van der Waals surface area contributed by atoms with Gasteiger partial charge < -0.3 is 5.11 Å². The predicted octanol–water partition coefficient (Wildman–Crippen LogP) is 7.44. The zero-order chi connectivity index (χ0) is 24.2. The van der Waals surface area contributed by atoms with E-state index in [0.29, 0.717) is 23.5 Å². The van der Waals surface area contributed by atoms with Gasteiger partial charge in [-0.25, -0.2) is 0 Å². The Morgan fingerprint density at radius 3 is 2.15 bits per heavy atom. The van der Waals surface area contributed by atoms with Crippen LogP contribution in [0.25, 0.3) is 0 Å². The zero-order valence-electron chi connectivity index (χ0n) is 22.1. The highest BCUT2D eigenvalue weighted by molar-refractivity contribution is 5.85. The summed E-state index contributed by atoms with van der Waals surface area (Å²) in [5.41, 5.74) is 1.06. The molecule has 3 unspecified atom stereocenters. The van der Waals surface area contributed by atoms with Gasteiger partial charge in [0, 0.05) is 11.8 Å². The molecule has 0 aromatic rings. The van der Waals surface area contributed by atoms with Gasteiger partial charge in [0.1, 0.15) is 5.78 Å². The number of aliphatic carboxylic acids is 1. The van der Waals surface area contributed by atoms with Crippen molar-refractivity contribution >= 4 is 11.8 Å². The first-order chi connectivity index (χ1) is 15.1. The molecule has 0 spiro atoms. The lowest BCUT2D eigenvalue weighted by atomic mass is 9.32. The van der Waals surface area contributed by atoms with Crippen LogP contribution in [0, 0.1) is 50.2 Å². The van der Waals surface area contributed by atoms with Gasteiger partial charge in [0.2, 0.25) is 0 Å². The molecule has 5 aliphatic carbocycles. The van der Waals surface area contributed by atoms with Gasteiger partial charge in [-0.3, -0.25) is 9.59 Å². The quantitative estimate of drug-likeness (QED) is 0.419. The number of hydrogen-bond donors (Lipinski definition) is 1. The van der Waals surface area contributed by atoms with E-state index in [0.717, 1.165) is 51.4 Å². The molecule has 0 bridgehead atoms. The van der Waals surface area contributed by atoms with Crippen LogP contribution < -0.4 is 0 Å². The van der Waals surface area contributed by atoms with E-state index in [1.807, 2.05) is 0 Å². The van der Waals surface area contributed by atoms with Gasteiger partial charge in [0.15, 0.2) is 0 Å². The highest BCUT2D eigenvalue weighted by Gasteiger charge is 2.69. The Morgan fingerprint density at radius 2 is 1.48 bits per heavy atom. The van der Waals surface area contributed by atoms with Crippen LogP contribution in [0.3, 0.4) is 0 Å². The second-order valence-corrected chi connectivity index (χ2v) is 14.7. The van der Waals surface area contributed by atoms with Crippen molar-refractivity contribution in [1.82, 2.24) is 0 Å². The number of hydrogen-bond acceptors (Lipinski definition) is 2. The third-order valence-electron chi connectivity index (χ3n) is 12.8. The highest BCUT2D eigenvalue weighted by atomic mass is 16.4. The van der Waals surface area contributed by atoms with Crippen LogP contribution in [0.4, 0.5) is 0 Å². The van der Waals surface area contributed by atoms with Gasteiger partial charge in [-0.2, -0.15) is 0 Å². The minimum absolute atomic E-state index is 0.0850. The minimum atomic E-state index is -0.636. The van der Waals surface area contributed by atoms with Gasteiger partial charge in [0.05, 0.1) is 5.41 Å². The minimum Gasteiger partial charge on any atom is -0.481 e. The average molecular weight is 455 g/mol. The Balaban J connectivity index is 1.59. The molecular weight excluding hydrogens is 408 g/mol. The summed E-state index contributed by atoms with van der Waals surface area (Å²) in [6, 6.07) is 0. The Morgan fingerprint density at radius 1 is 0.818 bits per heavy atom. The van der Waals surface area contributed by atoms with E-state index in [9.17, 15) is 14.7 Å². The fourth-order valence-electron chi connectivity index (χ4n) is 10.5. The van der Waals surface area contributed by atoms with Crippen molar-refractivity contribution < 1.29 is 14.7 Å². The lowest BCUT2D eigenvalue weighted by Crippen LogP contribution is -2.65. The SMILES string of the molecule is CC1(C)C=C2C3CCC4[C@@]5(C)CCC(=O)C(C)(C)C5CC[C@@]4(C)[C@]3(C)CC[C@@]2(C(=O)O)CC1. The first-order valence-electron chi connectivity index (χ1n) is 13.6. The van der Waals surface area contributed by atoms with E-state index in [-0.39, 0.29) is 27.1 Å². The Kier molecular flexibility index (Phi) is 4.83. The van der Waals surface area contributed by atoms with Gasteiger partial charge >= 0.3 is 5.97 Å². The predicted molar refractivity (Wildman–Crippen MR) is 132 cm³/mol. The van der Waals surface area contributed by atoms with Crippen molar-refractivity contribution in [3.05, 3.63) is 11.6 Å². The number of Topliss-reactive ketones (excluding diaryl/α,β-unsaturated/α-hetero) is 1. The molecule has 5 rings (SSSR count). The van der Waals surface area contributed by atoms with Crippen LogP contribution in [0.5, 0.6) is 0 Å². The molecule has 3 heteroatoms. The smallest absolute Gasteiger partial charge is 0.313 e. The van der Waals surface area contributed by atoms with Crippen LogP contribution in [0.2, 0.25) is 0 Å². The number of fused-ring (bicyclic) bond motifs is 7. The maximum atomic E-state index is 12.9. The van der Waals surface area contributed by atoms with Gasteiger partial charge in [-0.05, 0) is 97.2 Å². The fraction of sp³-hybridized carbons (Fsp3) is 0.867. The Labute approximate surface area is 201 Å². The lowest BCUT2D eigenvalue weighted by molar-refractivity contribution is -0.213. The van der Waals surface area contributed by atoms with Crippen LogP contribution in [0.15, 0.2) is 11.6 Å². The summed E-state index contributed by atoms with van der Waals surface area (Å²) in [4.78, 5) is 25.6. The first-order valence-corrected chi connectivity index (χ1v) is 13.6. The van der Waals surface area contributed by atoms with E-state index in [4.69, 9.17) is 0 Å². The molecule has 0 saturated heterocycles. The van der Waals surface area contributed by atoms with Gasteiger partial charge in [-0.15, -0.1) is 0 Å². The number of carboxylic acids is 1. The van der Waals surface area contributed by atoms with Crippen molar-refractivity contribution in [2.75, 3.05) is 0 Å².